The van der Waals surface area contributed by atoms with Crippen LogP contribution in [0.25, 0.3) is 0 Å². The first-order valence-corrected chi connectivity index (χ1v) is 7.61. The van der Waals surface area contributed by atoms with E-state index in [2.05, 4.69) is 25.7 Å². The van der Waals surface area contributed by atoms with E-state index in [1.165, 1.54) is 12.8 Å². The van der Waals surface area contributed by atoms with Crippen molar-refractivity contribution in [2.45, 2.75) is 46.1 Å². The van der Waals surface area contributed by atoms with Crippen molar-refractivity contribution in [1.29, 1.82) is 0 Å². The lowest BCUT2D eigenvalue weighted by atomic mass is 9.65. The number of fused-ring (bicyclic) bond motifs is 2. The second kappa shape index (κ2) is 3.83. The molecule has 3 rings (SSSR count). The molecule has 2 bridgehead atoms. The first-order chi connectivity index (χ1) is 8.39. The summed E-state index contributed by atoms with van der Waals surface area (Å²) in [7, 11) is 0. The van der Waals surface area contributed by atoms with Gasteiger partial charge in [0.1, 0.15) is 0 Å². The number of carbonyl (C=O) groups is 1. The van der Waals surface area contributed by atoms with Gasteiger partial charge >= 0.3 is 0 Å². The van der Waals surface area contributed by atoms with Gasteiger partial charge < -0.3 is 4.90 Å². The van der Waals surface area contributed by atoms with Gasteiger partial charge in [0.15, 0.2) is 0 Å². The average Bonchev–Trinajstić information content (AvgIpc) is 2.82. The highest BCUT2D eigenvalue weighted by Crippen LogP contribution is 2.52. The van der Waals surface area contributed by atoms with E-state index >= 15 is 0 Å². The molecule has 0 aromatic carbocycles. The third-order valence-electron chi connectivity index (χ3n) is 4.41. The second-order valence-corrected chi connectivity index (χ2v) is 8.07. The molecule has 1 aromatic rings. The molecule has 1 aliphatic heterocycles. The van der Waals surface area contributed by atoms with Crippen LogP contribution in [0, 0.1) is 10.8 Å². The molecule has 2 aliphatic rings. The maximum Gasteiger partial charge on any atom is 0.264 e. The van der Waals surface area contributed by atoms with Gasteiger partial charge in [-0.25, -0.2) is 0 Å². The summed E-state index contributed by atoms with van der Waals surface area (Å²) in [5.41, 5.74) is 0.710. The zero-order valence-corrected chi connectivity index (χ0v) is 12.2. The zero-order chi connectivity index (χ0) is 13.0. The van der Waals surface area contributed by atoms with Crippen LogP contribution in [-0.4, -0.2) is 23.4 Å². The molecular formula is C15H21NOS. The standard InChI is InChI=1S/C15H21NOS/c1-14(2)7-11-8-15(3,9-14)10-16(11)13(17)12-5-4-6-18-12/h4-6,11H,7-10H2,1-3H3/t11-,15+/m0/s1. The van der Waals surface area contributed by atoms with Crippen molar-refractivity contribution in [3.8, 4) is 0 Å². The molecule has 0 spiro atoms. The van der Waals surface area contributed by atoms with Crippen LogP contribution >= 0.6 is 11.3 Å². The molecule has 1 amide bonds. The minimum absolute atomic E-state index is 0.247. The van der Waals surface area contributed by atoms with Gasteiger partial charge in [-0.05, 0) is 41.5 Å². The van der Waals surface area contributed by atoms with E-state index in [4.69, 9.17) is 0 Å². The number of nitrogens with zero attached hydrogens (tertiary/aromatic N) is 1. The quantitative estimate of drug-likeness (QED) is 0.755. The first-order valence-electron chi connectivity index (χ1n) is 6.73. The van der Waals surface area contributed by atoms with Crippen LogP contribution in [0.5, 0.6) is 0 Å². The summed E-state index contributed by atoms with van der Waals surface area (Å²) in [5, 5.41) is 1.99. The number of rotatable bonds is 1. The Balaban J connectivity index is 1.86. The Morgan fingerprint density at radius 1 is 1.39 bits per heavy atom. The zero-order valence-electron chi connectivity index (χ0n) is 11.4. The van der Waals surface area contributed by atoms with E-state index < -0.39 is 0 Å². The molecule has 0 radical (unpaired) electrons. The summed E-state index contributed by atoms with van der Waals surface area (Å²) in [6.07, 6.45) is 3.58. The smallest absolute Gasteiger partial charge is 0.264 e. The van der Waals surface area contributed by atoms with Crippen LogP contribution in [0.3, 0.4) is 0 Å². The van der Waals surface area contributed by atoms with Crippen molar-refractivity contribution in [1.82, 2.24) is 4.90 Å². The van der Waals surface area contributed by atoms with E-state index in [1.54, 1.807) is 11.3 Å². The van der Waals surface area contributed by atoms with Gasteiger partial charge in [-0.1, -0.05) is 26.8 Å². The first kappa shape index (κ1) is 12.2. The minimum atomic E-state index is 0.247. The van der Waals surface area contributed by atoms with Crippen molar-refractivity contribution in [2.24, 2.45) is 10.8 Å². The van der Waals surface area contributed by atoms with Crippen LogP contribution in [0.1, 0.15) is 49.7 Å². The fraction of sp³-hybridized carbons (Fsp3) is 0.667. The third kappa shape index (κ3) is 1.99. The van der Waals surface area contributed by atoms with Crippen molar-refractivity contribution in [3.05, 3.63) is 22.4 Å². The summed E-state index contributed by atoms with van der Waals surface area (Å²) in [4.78, 5) is 15.6. The maximum absolute atomic E-state index is 12.5. The van der Waals surface area contributed by atoms with E-state index in [-0.39, 0.29) is 5.91 Å². The maximum atomic E-state index is 12.5. The van der Waals surface area contributed by atoms with Crippen molar-refractivity contribution in [2.75, 3.05) is 6.54 Å². The number of hydrogen-bond acceptors (Lipinski definition) is 2. The molecule has 18 heavy (non-hydrogen) atoms. The number of carbonyl (C=O) groups excluding carboxylic acids is 1. The molecule has 3 heteroatoms. The average molecular weight is 263 g/mol. The van der Waals surface area contributed by atoms with E-state index in [0.29, 0.717) is 16.9 Å². The monoisotopic (exact) mass is 263 g/mol. The molecule has 1 aliphatic carbocycles. The number of thiophene rings is 1. The normalized spacial score (nSPS) is 33.7. The van der Waals surface area contributed by atoms with Crippen LogP contribution in [0.4, 0.5) is 0 Å². The third-order valence-corrected chi connectivity index (χ3v) is 5.27. The highest BCUT2D eigenvalue weighted by Gasteiger charge is 2.51. The van der Waals surface area contributed by atoms with E-state index in [1.807, 2.05) is 17.5 Å². The molecule has 1 saturated heterocycles. The predicted octanol–water partition coefficient (Wildman–Crippen LogP) is 3.79. The lowest BCUT2D eigenvalue weighted by Crippen LogP contribution is -2.37. The van der Waals surface area contributed by atoms with Gasteiger partial charge in [-0.3, -0.25) is 4.79 Å². The van der Waals surface area contributed by atoms with Gasteiger partial charge in [0.05, 0.1) is 4.88 Å². The van der Waals surface area contributed by atoms with Crippen LogP contribution < -0.4 is 0 Å². The molecule has 0 N–H and O–H groups in total. The molecule has 98 valence electrons. The van der Waals surface area contributed by atoms with Gasteiger partial charge in [0.25, 0.3) is 5.91 Å². The lowest BCUT2D eigenvalue weighted by molar-refractivity contribution is 0.0713. The fourth-order valence-corrected chi connectivity index (χ4v) is 4.92. The second-order valence-electron chi connectivity index (χ2n) is 7.12. The van der Waals surface area contributed by atoms with Gasteiger partial charge in [0, 0.05) is 12.6 Å². The van der Waals surface area contributed by atoms with Crippen LogP contribution in [0.2, 0.25) is 0 Å². The Morgan fingerprint density at radius 2 is 2.17 bits per heavy atom. The highest BCUT2D eigenvalue weighted by molar-refractivity contribution is 7.12. The molecule has 2 nitrogen and oxygen atoms in total. The minimum Gasteiger partial charge on any atom is -0.334 e. The number of likely N-dealkylation sites (tertiary alicyclic amines) is 1. The van der Waals surface area contributed by atoms with Gasteiger partial charge in [-0.15, -0.1) is 11.3 Å². The molecule has 0 unspecified atom stereocenters. The molecule has 1 aromatic heterocycles. The molecular weight excluding hydrogens is 242 g/mol. The molecule has 1 saturated carbocycles. The topological polar surface area (TPSA) is 20.3 Å². The molecule has 2 fully saturated rings. The summed E-state index contributed by atoms with van der Waals surface area (Å²) >= 11 is 1.56. The SMILES string of the molecule is CC1(C)C[C@H]2C[C@@](C)(CN2C(=O)c2cccs2)C1. The lowest BCUT2D eigenvalue weighted by Gasteiger charge is -2.39. The number of amides is 1. The predicted molar refractivity (Wildman–Crippen MR) is 74.9 cm³/mol. The Labute approximate surface area is 113 Å². The molecule has 2 heterocycles. The van der Waals surface area contributed by atoms with E-state index in [9.17, 15) is 4.79 Å². The summed E-state index contributed by atoms with van der Waals surface area (Å²) in [6, 6.07) is 4.36. The number of hydrogen-bond donors (Lipinski definition) is 0. The largest absolute Gasteiger partial charge is 0.334 e. The van der Waals surface area contributed by atoms with Crippen molar-refractivity contribution in [3.63, 3.8) is 0 Å². The fourth-order valence-electron chi connectivity index (χ4n) is 4.24. The Morgan fingerprint density at radius 3 is 2.83 bits per heavy atom. The Kier molecular flexibility index (Phi) is 2.60. The highest BCUT2D eigenvalue weighted by atomic mass is 32.1. The summed E-state index contributed by atoms with van der Waals surface area (Å²) < 4.78 is 0. The summed E-state index contributed by atoms with van der Waals surface area (Å²) in [6.45, 7) is 7.98. The Hall–Kier alpha value is -0.830. The van der Waals surface area contributed by atoms with Crippen molar-refractivity contribution >= 4 is 17.2 Å². The van der Waals surface area contributed by atoms with Crippen LogP contribution in [-0.2, 0) is 0 Å². The van der Waals surface area contributed by atoms with Gasteiger partial charge in [0.2, 0.25) is 0 Å². The summed E-state index contributed by atoms with van der Waals surface area (Å²) in [5.74, 6) is 0.247. The molecule has 2 atom stereocenters. The van der Waals surface area contributed by atoms with Crippen molar-refractivity contribution < 1.29 is 4.79 Å². The van der Waals surface area contributed by atoms with Gasteiger partial charge in [-0.2, -0.15) is 0 Å². The van der Waals surface area contributed by atoms with E-state index in [0.717, 1.165) is 17.8 Å². The Bertz CT molecular complexity index is 465. The van der Waals surface area contributed by atoms with Crippen LogP contribution in [0.15, 0.2) is 17.5 Å².